The van der Waals surface area contributed by atoms with Crippen LogP contribution in [0.4, 0.5) is 4.39 Å². The molecule has 0 aliphatic carbocycles. The van der Waals surface area contributed by atoms with Crippen LogP contribution in [-0.4, -0.2) is 14.8 Å². The van der Waals surface area contributed by atoms with E-state index in [4.69, 9.17) is 5.10 Å². The van der Waals surface area contributed by atoms with Crippen molar-refractivity contribution in [1.29, 1.82) is 0 Å². The topological polar surface area (TPSA) is 30.7 Å². The highest BCUT2D eigenvalue weighted by Crippen LogP contribution is 2.41. The zero-order valence-corrected chi connectivity index (χ0v) is 14.2. The Kier molecular flexibility index (Phi) is 3.30. The second-order valence-electron chi connectivity index (χ2n) is 7.34. The molecule has 24 heavy (non-hydrogen) atoms. The number of rotatable bonds is 2. The first-order chi connectivity index (χ1) is 11.4. The summed E-state index contributed by atoms with van der Waals surface area (Å²) in [6.07, 6.45) is 0.957. The zero-order chi connectivity index (χ0) is 16.9. The van der Waals surface area contributed by atoms with Gasteiger partial charge in [0.2, 0.25) is 0 Å². The van der Waals surface area contributed by atoms with Gasteiger partial charge in [-0.05, 0) is 48.6 Å². The van der Waals surface area contributed by atoms with Crippen molar-refractivity contribution in [2.75, 3.05) is 0 Å². The maximum Gasteiger partial charge on any atom is 0.123 e. The average molecular weight is 321 g/mol. The molecule has 0 atom stereocenters. The predicted octanol–water partition coefficient (Wildman–Crippen LogP) is 4.64. The van der Waals surface area contributed by atoms with Gasteiger partial charge in [0, 0.05) is 23.5 Å². The summed E-state index contributed by atoms with van der Waals surface area (Å²) in [4.78, 5) is 4.65. The molecule has 3 heterocycles. The van der Waals surface area contributed by atoms with Crippen LogP contribution in [0.3, 0.4) is 0 Å². The molecule has 0 spiro atoms. The van der Waals surface area contributed by atoms with Gasteiger partial charge in [-0.15, -0.1) is 0 Å². The Morgan fingerprint density at radius 1 is 1.08 bits per heavy atom. The van der Waals surface area contributed by atoms with E-state index >= 15 is 0 Å². The van der Waals surface area contributed by atoms with E-state index in [-0.39, 0.29) is 11.2 Å². The van der Waals surface area contributed by atoms with E-state index in [0.29, 0.717) is 0 Å². The number of aromatic nitrogens is 3. The summed E-state index contributed by atoms with van der Waals surface area (Å²) in [5.41, 5.74) is 6.20. The van der Waals surface area contributed by atoms with Crippen LogP contribution in [0, 0.1) is 18.2 Å². The lowest BCUT2D eigenvalue weighted by Crippen LogP contribution is -2.13. The van der Waals surface area contributed by atoms with Crippen molar-refractivity contribution >= 4 is 0 Å². The van der Waals surface area contributed by atoms with Crippen LogP contribution < -0.4 is 0 Å². The average Bonchev–Trinajstić information content (AvgIpc) is 3.00. The van der Waals surface area contributed by atoms with E-state index in [9.17, 15) is 4.39 Å². The van der Waals surface area contributed by atoms with Gasteiger partial charge in [-0.25, -0.2) is 4.39 Å². The standard InChI is InChI=1S/C20H20FN3/c1-13-5-4-6-16(22-13)19-18(14-7-9-15(21)10-8-14)17-11-20(2,3)12-24(17)23-19/h4-10H,11-12H2,1-3H3. The fourth-order valence-electron chi connectivity index (χ4n) is 3.50. The third-order valence-corrected chi connectivity index (χ3v) is 4.55. The second-order valence-corrected chi connectivity index (χ2v) is 7.34. The lowest BCUT2D eigenvalue weighted by molar-refractivity contribution is 0.347. The van der Waals surface area contributed by atoms with Gasteiger partial charge in [-0.3, -0.25) is 9.67 Å². The van der Waals surface area contributed by atoms with Crippen LogP contribution in [0.5, 0.6) is 0 Å². The Morgan fingerprint density at radius 3 is 2.54 bits per heavy atom. The number of fused-ring (bicyclic) bond motifs is 1. The predicted molar refractivity (Wildman–Crippen MR) is 93.1 cm³/mol. The van der Waals surface area contributed by atoms with Crippen molar-refractivity contribution in [1.82, 2.24) is 14.8 Å². The maximum absolute atomic E-state index is 13.4. The summed E-state index contributed by atoms with van der Waals surface area (Å²) in [6.45, 7) is 7.37. The number of halogens is 1. The summed E-state index contributed by atoms with van der Waals surface area (Å²) in [7, 11) is 0. The molecule has 0 unspecified atom stereocenters. The second kappa shape index (κ2) is 5.26. The van der Waals surface area contributed by atoms with Gasteiger partial charge >= 0.3 is 0 Å². The van der Waals surface area contributed by atoms with E-state index in [1.165, 1.54) is 17.8 Å². The normalized spacial score (nSPS) is 15.5. The molecule has 3 aromatic rings. The Labute approximate surface area is 141 Å². The first-order valence-corrected chi connectivity index (χ1v) is 8.23. The SMILES string of the molecule is Cc1cccc(-c2nn3c(c2-c2ccc(F)cc2)CC(C)(C)C3)n1. The Bertz CT molecular complexity index is 907. The minimum atomic E-state index is -0.224. The highest BCUT2D eigenvalue weighted by molar-refractivity contribution is 5.81. The third-order valence-electron chi connectivity index (χ3n) is 4.55. The molecule has 0 N–H and O–H groups in total. The van der Waals surface area contributed by atoms with Crippen LogP contribution >= 0.6 is 0 Å². The molecule has 1 aromatic carbocycles. The van der Waals surface area contributed by atoms with Crippen LogP contribution in [0.25, 0.3) is 22.5 Å². The van der Waals surface area contributed by atoms with Gasteiger partial charge in [0.05, 0.1) is 5.69 Å². The van der Waals surface area contributed by atoms with Crippen molar-refractivity contribution in [2.24, 2.45) is 5.41 Å². The van der Waals surface area contributed by atoms with Crippen LogP contribution in [0.15, 0.2) is 42.5 Å². The summed E-state index contributed by atoms with van der Waals surface area (Å²) >= 11 is 0. The van der Waals surface area contributed by atoms with E-state index in [1.54, 1.807) is 0 Å². The number of hydrogen-bond donors (Lipinski definition) is 0. The first-order valence-electron chi connectivity index (χ1n) is 8.23. The van der Waals surface area contributed by atoms with Crippen molar-refractivity contribution in [3.05, 3.63) is 59.7 Å². The number of nitrogens with zero attached hydrogens (tertiary/aromatic N) is 3. The lowest BCUT2D eigenvalue weighted by Gasteiger charge is -2.15. The van der Waals surface area contributed by atoms with E-state index in [1.807, 2.05) is 37.3 Å². The van der Waals surface area contributed by atoms with Gasteiger partial charge in [-0.1, -0.05) is 32.0 Å². The fraction of sp³-hybridized carbons (Fsp3) is 0.300. The molecule has 0 radical (unpaired) electrons. The van der Waals surface area contributed by atoms with E-state index < -0.39 is 0 Å². The minimum absolute atomic E-state index is 0.190. The van der Waals surface area contributed by atoms with Crippen LogP contribution in [0.1, 0.15) is 25.2 Å². The fourth-order valence-corrected chi connectivity index (χ4v) is 3.50. The Morgan fingerprint density at radius 2 is 1.83 bits per heavy atom. The van der Waals surface area contributed by atoms with Crippen molar-refractivity contribution in [2.45, 2.75) is 33.7 Å². The molecule has 0 fully saturated rings. The monoisotopic (exact) mass is 321 g/mol. The van der Waals surface area contributed by atoms with E-state index in [0.717, 1.165) is 41.2 Å². The molecule has 0 bridgehead atoms. The molecule has 4 rings (SSSR count). The number of aryl methyl sites for hydroxylation is 1. The van der Waals surface area contributed by atoms with Gasteiger partial charge in [0.15, 0.2) is 0 Å². The third kappa shape index (κ3) is 2.52. The molecule has 3 nitrogen and oxygen atoms in total. The molecule has 0 saturated heterocycles. The van der Waals surface area contributed by atoms with Gasteiger partial charge in [-0.2, -0.15) is 5.10 Å². The van der Waals surface area contributed by atoms with Crippen molar-refractivity contribution in [3.63, 3.8) is 0 Å². The first kappa shape index (κ1) is 15.1. The van der Waals surface area contributed by atoms with Gasteiger partial charge < -0.3 is 0 Å². The molecule has 0 saturated carbocycles. The lowest BCUT2D eigenvalue weighted by atomic mass is 9.88. The minimum Gasteiger partial charge on any atom is -0.268 e. The van der Waals surface area contributed by atoms with Crippen LogP contribution in [-0.2, 0) is 13.0 Å². The molecule has 122 valence electrons. The zero-order valence-electron chi connectivity index (χ0n) is 14.2. The summed E-state index contributed by atoms with van der Waals surface area (Å²) in [5, 5.41) is 4.86. The highest BCUT2D eigenvalue weighted by Gasteiger charge is 2.34. The molecule has 1 aliphatic heterocycles. The smallest absolute Gasteiger partial charge is 0.123 e. The number of hydrogen-bond acceptors (Lipinski definition) is 2. The molecule has 4 heteroatoms. The van der Waals surface area contributed by atoms with E-state index in [2.05, 4.69) is 23.5 Å². The van der Waals surface area contributed by atoms with Crippen LogP contribution in [0.2, 0.25) is 0 Å². The number of benzene rings is 1. The van der Waals surface area contributed by atoms with Crippen molar-refractivity contribution in [3.8, 4) is 22.5 Å². The van der Waals surface area contributed by atoms with Crippen molar-refractivity contribution < 1.29 is 4.39 Å². The largest absolute Gasteiger partial charge is 0.268 e. The quantitative estimate of drug-likeness (QED) is 0.688. The molecule has 1 aliphatic rings. The Balaban J connectivity index is 1.94. The molecular weight excluding hydrogens is 301 g/mol. The van der Waals surface area contributed by atoms with Gasteiger partial charge in [0.1, 0.15) is 11.5 Å². The summed E-state index contributed by atoms with van der Waals surface area (Å²) < 4.78 is 15.5. The maximum atomic E-state index is 13.4. The summed E-state index contributed by atoms with van der Waals surface area (Å²) in [6, 6.07) is 12.6. The number of pyridine rings is 1. The highest BCUT2D eigenvalue weighted by atomic mass is 19.1. The summed E-state index contributed by atoms with van der Waals surface area (Å²) in [5.74, 6) is -0.224. The molecule has 2 aromatic heterocycles. The Hall–Kier alpha value is -2.49. The van der Waals surface area contributed by atoms with Gasteiger partial charge in [0.25, 0.3) is 0 Å². The molecule has 0 amide bonds. The molecular formula is C20H20FN3.